The highest BCUT2D eigenvalue weighted by atomic mass is 32.1. The first-order valence-corrected chi connectivity index (χ1v) is 5.61. The smallest absolute Gasteiger partial charge is 0.0432 e. The quantitative estimate of drug-likeness (QED) is 0.397. The zero-order valence-corrected chi connectivity index (χ0v) is 9.42. The Bertz CT molecular complexity index is 310. The van der Waals surface area contributed by atoms with Crippen LogP contribution in [0.1, 0.15) is 31.6 Å². The molecule has 0 bridgehead atoms. The summed E-state index contributed by atoms with van der Waals surface area (Å²) in [6.07, 6.45) is 3.10. The van der Waals surface area contributed by atoms with Gasteiger partial charge in [-0.1, -0.05) is 25.0 Å². The van der Waals surface area contributed by atoms with Gasteiger partial charge in [-0.05, 0) is 36.2 Å². The van der Waals surface area contributed by atoms with Crippen molar-refractivity contribution in [1.82, 2.24) is 0 Å². The highest BCUT2D eigenvalue weighted by molar-refractivity contribution is 7.09. The van der Waals surface area contributed by atoms with Crippen LogP contribution in [0.2, 0.25) is 0 Å². The first-order chi connectivity index (χ1) is 6.64. The van der Waals surface area contributed by atoms with Crippen molar-refractivity contribution in [2.45, 2.75) is 38.6 Å². The van der Waals surface area contributed by atoms with E-state index in [2.05, 4.69) is 27.5 Å². The van der Waals surface area contributed by atoms with Crippen molar-refractivity contribution < 1.29 is 0 Å². The van der Waals surface area contributed by atoms with Gasteiger partial charge in [0.25, 0.3) is 0 Å². The second-order valence-electron chi connectivity index (χ2n) is 3.93. The number of hydrogen-bond donors (Lipinski definition) is 0. The van der Waals surface area contributed by atoms with Crippen LogP contribution in [0.25, 0.3) is 10.4 Å². The summed E-state index contributed by atoms with van der Waals surface area (Å²) < 4.78 is 0. The molecule has 0 aliphatic carbocycles. The van der Waals surface area contributed by atoms with Crippen molar-refractivity contribution in [2.24, 2.45) is 5.11 Å². The minimum atomic E-state index is -0.244. The van der Waals surface area contributed by atoms with Crippen molar-refractivity contribution in [1.29, 1.82) is 0 Å². The van der Waals surface area contributed by atoms with Crippen molar-refractivity contribution in [3.8, 4) is 0 Å². The molecule has 0 atom stereocenters. The number of thiophene rings is 1. The minimum Gasteiger partial charge on any atom is -0.149 e. The summed E-state index contributed by atoms with van der Waals surface area (Å²) in [7, 11) is 0. The van der Waals surface area contributed by atoms with E-state index in [1.54, 1.807) is 11.3 Å². The van der Waals surface area contributed by atoms with Gasteiger partial charge >= 0.3 is 0 Å². The van der Waals surface area contributed by atoms with E-state index >= 15 is 0 Å². The van der Waals surface area contributed by atoms with Crippen LogP contribution in [0.15, 0.2) is 22.6 Å². The van der Waals surface area contributed by atoms with Crippen molar-refractivity contribution in [2.75, 3.05) is 0 Å². The van der Waals surface area contributed by atoms with Crippen molar-refractivity contribution >= 4 is 11.3 Å². The molecule has 76 valence electrons. The summed E-state index contributed by atoms with van der Waals surface area (Å²) in [5.74, 6) is 0. The maximum absolute atomic E-state index is 8.35. The number of nitrogens with zero attached hydrogens (tertiary/aromatic N) is 3. The van der Waals surface area contributed by atoms with Gasteiger partial charge in [0.1, 0.15) is 0 Å². The molecule has 0 N–H and O–H groups in total. The predicted molar refractivity (Wildman–Crippen MR) is 60.5 cm³/mol. The molecule has 0 aliphatic heterocycles. The lowest BCUT2D eigenvalue weighted by atomic mass is 9.98. The standard InChI is InChI=1S/C10H15N3S/c1-10(2,12-13-11)7-3-5-9-6-4-8-14-9/h4,6,8H,3,5,7H2,1-2H3. The molecule has 1 aromatic heterocycles. The van der Waals surface area contributed by atoms with Gasteiger partial charge in [-0.2, -0.15) is 0 Å². The Labute approximate surface area is 88.4 Å². The van der Waals surface area contributed by atoms with Gasteiger partial charge in [-0.25, -0.2) is 0 Å². The molecule has 14 heavy (non-hydrogen) atoms. The maximum atomic E-state index is 8.35. The molecule has 1 rings (SSSR count). The average Bonchev–Trinajstić information content (AvgIpc) is 2.56. The van der Waals surface area contributed by atoms with Gasteiger partial charge in [-0.3, -0.25) is 0 Å². The monoisotopic (exact) mass is 209 g/mol. The lowest BCUT2D eigenvalue weighted by Crippen LogP contribution is -2.15. The van der Waals surface area contributed by atoms with Crippen LogP contribution in [-0.2, 0) is 6.42 Å². The highest BCUT2D eigenvalue weighted by Crippen LogP contribution is 2.20. The van der Waals surface area contributed by atoms with E-state index < -0.39 is 0 Å². The fourth-order valence-corrected chi connectivity index (χ4v) is 2.07. The van der Waals surface area contributed by atoms with Crippen LogP contribution in [0, 0.1) is 0 Å². The van der Waals surface area contributed by atoms with E-state index in [4.69, 9.17) is 5.53 Å². The Hall–Kier alpha value is -0.990. The van der Waals surface area contributed by atoms with E-state index in [9.17, 15) is 0 Å². The average molecular weight is 209 g/mol. The molecule has 0 fully saturated rings. The van der Waals surface area contributed by atoms with E-state index in [1.165, 1.54) is 4.88 Å². The molecular weight excluding hydrogens is 194 g/mol. The molecule has 0 saturated carbocycles. The summed E-state index contributed by atoms with van der Waals surface area (Å²) in [6.45, 7) is 3.95. The first-order valence-electron chi connectivity index (χ1n) is 4.73. The molecule has 1 aromatic rings. The number of hydrogen-bond acceptors (Lipinski definition) is 2. The summed E-state index contributed by atoms with van der Waals surface area (Å²) in [5, 5.41) is 5.85. The largest absolute Gasteiger partial charge is 0.149 e. The van der Waals surface area contributed by atoms with Crippen LogP contribution in [0.5, 0.6) is 0 Å². The Morgan fingerprint density at radius 1 is 1.57 bits per heavy atom. The molecule has 0 amide bonds. The van der Waals surface area contributed by atoms with Gasteiger partial charge in [0.2, 0.25) is 0 Å². The molecule has 3 nitrogen and oxygen atoms in total. The lowest BCUT2D eigenvalue weighted by Gasteiger charge is -2.16. The SMILES string of the molecule is CC(C)(CCCc1cccs1)N=[N+]=[N-]. The summed E-state index contributed by atoms with van der Waals surface area (Å²) in [6, 6.07) is 4.21. The third kappa shape index (κ3) is 3.81. The van der Waals surface area contributed by atoms with Gasteiger partial charge in [0, 0.05) is 15.3 Å². The van der Waals surface area contributed by atoms with Crippen LogP contribution in [-0.4, -0.2) is 5.54 Å². The minimum absolute atomic E-state index is 0.244. The van der Waals surface area contributed by atoms with Crippen molar-refractivity contribution in [3.63, 3.8) is 0 Å². The van der Waals surface area contributed by atoms with Crippen LogP contribution in [0.4, 0.5) is 0 Å². The topological polar surface area (TPSA) is 48.8 Å². The Morgan fingerprint density at radius 3 is 2.93 bits per heavy atom. The summed E-state index contributed by atoms with van der Waals surface area (Å²) >= 11 is 1.78. The van der Waals surface area contributed by atoms with Crippen LogP contribution >= 0.6 is 11.3 Å². The normalized spacial score (nSPS) is 11.0. The fraction of sp³-hybridized carbons (Fsp3) is 0.600. The third-order valence-electron chi connectivity index (χ3n) is 2.11. The zero-order valence-electron chi connectivity index (χ0n) is 8.60. The molecule has 1 heterocycles. The second kappa shape index (κ2) is 5.03. The number of azide groups is 1. The zero-order chi connectivity index (χ0) is 10.4. The van der Waals surface area contributed by atoms with Gasteiger partial charge in [-0.15, -0.1) is 11.3 Å². The van der Waals surface area contributed by atoms with Crippen molar-refractivity contribution in [3.05, 3.63) is 32.8 Å². The fourth-order valence-electron chi connectivity index (χ4n) is 1.32. The Morgan fingerprint density at radius 2 is 2.36 bits per heavy atom. The second-order valence-corrected chi connectivity index (χ2v) is 4.97. The Kier molecular flexibility index (Phi) is 3.98. The van der Waals surface area contributed by atoms with Crippen LogP contribution < -0.4 is 0 Å². The van der Waals surface area contributed by atoms with E-state index in [0.717, 1.165) is 19.3 Å². The maximum Gasteiger partial charge on any atom is 0.0432 e. The predicted octanol–water partition coefficient (Wildman–Crippen LogP) is 4.16. The lowest BCUT2D eigenvalue weighted by molar-refractivity contribution is 0.458. The molecule has 0 aliphatic rings. The van der Waals surface area contributed by atoms with E-state index in [0.29, 0.717) is 0 Å². The summed E-state index contributed by atoms with van der Waals surface area (Å²) in [5.41, 5.74) is 8.10. The van der Waals surface area contributed by atoms with Gasteiger partial charge in [0.05, 0.1) is 0 Å². The molecular formula is C10H15N3S. The number of rotatable bonds is 5. The summed E-state index contributed by atoms with van der Waals surface area (Å²) in [4.78, 5) is 4.26. The van der Waals surface area contributed by atoms with Gasteiger partial charge < -0.3 is 0 Å². The molecule has 4 heteroatoms. The molecule has 0 radical (unpaired) electrons. The van der Waals surface area contributed by atoms with E-state index in [1.807, 2.05) is 13.8 Å². The molecule has 0 saturated heterocycles. The third-order valence-corrected chi connectivity index (χ3v) is 3.04. The van der Waals surface area contributed by atoms with E-state index in [-0.39, 0.29) is 5.54 Å². The first kappa shape index (κ1) is 11.1. The number of aryl methyl sites for hydroxylation is 1. The Balaban J connectivity index is 2.31. The molecule has 0 unspecified atom stereocenters. The molecule has 0 aromatic carbocycles. The highest BCUT2D eigenvalue weighted by Gasteiger charge is 2.14. The van der Waals surface area contributed by atoms with Gasteiger partial charge in [0.15, 0.2) is 0 Å². The van der Waals surface area contributed by atoms with Crippen LogP contribution in [0.3, 0.4) is 0 Å². The molecule has 0 spiro atoms.